The fourth-order valence-electron chi connectivity index (χ4n) is 1.21. The standard InChI is InChI=1S/C10H15ClN2O3/c1-3-4-5-16-7(2)13-6-8(11)9(14)12-10(13)15/h6-7H,3-5H2,1-2H3,(H,12,14,15). The lowest BCUT2D eigenvalue weighted by Gasteiger charge is -2.15. The summed E-state index contributed by atoms with van der Waals surface area (Å²) in [5, 5.41) is -0.0226. The number of H-pyrrole nitrogens is 1. The van der Waals surface area contributed by atoms with Gasteiger partial charge in [0.05, 0.1) is 0 Å². The van der Waals surface area contributed by atoms with E-state index in [0.29, 0.717) is 6.61 Å². The van der Waals surface area contributed by atoms with E-state index in [2.05, 4.69) is 11.9 Å². The van der Waals surface area contributed by atoms with Crippen molar-refractivity contribution in [2.45, 2.75) is 32.9 Å². The molecule has 90 valence electrons. The van der Waals surface area contributed by atoms with Crippen LogP contribution in [0.2, 0.25) is 5.02 Å². The van der Waals surface area contributed by atoms with Gasteiger partial charge in [-0.15, -0.1) is 0 Å². The van der Waals surface area contributed by atoms with Crippen LogP contribution >= 0.6 is 11.6 Å². The molecule has 0 aromatic carbocycles. The molecule has 0 amide bonds. The number of aromatic amines is 1. The van der Waals surface area contributed by atoms with Crippen LogP contribution in [0.15, 0.2) is 15.8 Å². The highest BCUT2D eigenvalue weighted by Gasteiger charge is 2.09. The van der Waals surface area contributed by atoms with Crippen molar-refractivity contribution in [3.8, 4) is 0 Å². The van der Waals surface area contributed by atoms with Gasteiger partial charge in [-0.1, -0.05) is 24.9 Å². The average Bonchev–Trinajstić information content (AvgIpc) is 2.23. The molecule has 0 bridgehead atoms. The Bertz CT molecular complexity index is 452. The van der Waals surface area contributed by atoms with Gasteiger partial charge in [0.15, 0.2) is 0 Å². The van der Waals surface area contributed by atoms with Gasteiger partial charge in [0, 0.05) is 12.8 Å². The molecular weight excluding hydrogens is 232 g/mol. The first kappa shape index (κ1) is 13.0. The summed E-state index contributed by atoms with van der Waals surface area (Å²) in [6.45, 7) is 4.35. The third-order valence-corrected chi connectivity index (χ3v) is 2.44. The van der Waals surface area contributed by atoms with E-state index in [4.69, 9.17) is 16.3 Å². The number of hydrogen-bond acceptors (Lipinski definition) is 3. The number of aromatic nitrogens is 2. The van der Waals surface area contributed by atoms with Crippen LogP contribution in [0, 0.1) is 0 Å². The van der Waals surface area contributed by atoms with Gasteiger partial charge in [-0.3, -0.25) is 14.3 Å². The van der Waals surface area contributed by atoms with Gasteiger partial charge in [-0.25, -0.2) is 4.79 Å². The smallest absolute Gasteiger partial charge is 0.330 e. The summed E-state index contributed by atoms with van der Waals surface area (Å²) in [5.41, 5.74) is -1.10. The first-order chi connectivity index (χ1) is 7.56. The lowest BCUT2D eigenvalue weighted by Crippen LogP contribution is -2.32. The zero-order valence-corrected chi connectivity index (χ0v) is 10.1. The third-order valence-electron chi connectivity index (χ3n) is 2.17. The number of hydrogen-bond donors (Lipinski definition) is 1. The maximum absolute atomic E-state index is 11.4. The number of nitrogens with one attached hydrogen (secondary N) is 1. The number of unbranched alkanes of at least 4 members (excludes halogenated alkanes) is 1. The molecule has 5 nitrogen and oxygen atoms in total. The van der Waals surface area contributed by atoms with E-state index in [1.165, 1.54) is 10.8 Å². The second kappa shape index (κ2) is 5.86. The Morgan fingerprint density at radius 2 is 2.25 bits per heavy atom. The Kier molecular flexibility index (Phi) is 4.76. The van der Waals surface area contributed by atoms with Crippen LogP contribution in [0.1, 0.15) is 32.9 Å². The summed E-state index contributed by atoms with van der Waals surface area (Å²) >= 11 is 5.63. The Morgan fingerprint density at radius 3 is 2.88 bits per heavy atom. The minimum Gasteiger partial charge on any atom is -0.358 e. The van der Waals surface area contributed by atoms with E-state index in [9.17, 15) is 9.59 Å². The van der Waals surface area contributed by atoms with Crippen LogP contribution in [0.25, 0.3) is 0 Å². The maximum atomic E-state index is 11.4. The van der Waals surface area contributed by atoms with E-state index >= 15 is 0 Å². The molecule has 0 spiro atoms. The topological polar surface area (TPSA) is 64.1 Å². The molecule has 1 aromatic rings. The number of halogens is 1. The summed E-state index contributed by atoms with van der Waals surface area (Å²) in [7, 11) is 0. The van der Waals surface area contributed by atoms with Crippen molar-refractivity contribution in [3.05, 3.63) is 32.1 Å². The van der Waals surface area contributed by atoms with Gasteiger partial charge >= 0.3 is 5.69 Å². The second-order valence-corrected chi connectivity index (χ2v) is 3.87. The predicted octanol–water partition coefficient (Wildman–Crippen LogP) is 1.53. The van der Waals surface area contributed by atoms with Crippen LogP contribution in [0.3, 0.4) is 0 Å². The molecule has 0 aliphatic rings. The first-order valence-corrected chi connectivity index (χ1v) is 5.56. The fourth-order valence-corrected chi connectivity index (χ4v) is 1.36. The van der Waals surface area contributed by atoms with Crippen molar-refractivity contribution in [2.75, 3.05) is 6.61 Å². The quantitative estimate of drug-likeness (QED) is 0.802. The third kappa shape index (κ3) is 3.21. The highest BCUT2D eigenvalue weighted by Crippen LogP contribution is 2.07. The number of nitrogens with zero attached hydrogens (tertiary/aromatic N) is 1. The zero-order valence-electron chi connectivity index (χ0n) is 9.33. The summed E-state index contributed by atoms with van der Waals surface area (Å²) in [6.07, 6.45) is 2.80. The molecule has 0 aliphatic heterocycles. The Hall–Kier alpha value is -1.07. The minimum atomic E-state index is -0.580. The van der Waals surface area contributed by atoms with Crippen LogP contribution in [0.4, 0.5) is 0 Å². The van der Waals surface area contributed by atoms with Gasteiger partial charge in [0.25, 0.3) is 5.56 Å². The van der Waals surface area contributed by atoms with E-state index in [1.807, 2.05) is 0 Å². The highest BCUT2D eigenvalue weighted by atomic mass is 35.5. The molecule has 1 atom stereocenters. The van der Waals surface area contributed by atoms with Crippen molar-refractivity contribution in [1.82, 2.24) is 9.55 Å². The van der Waals surface area contributed by atoms with Gasteiger partial charge in [-0.05, 0) is 13.3 Å². The van der Waals surface area contributed by atoms with E-state index in [-0.39, 0.29) is 5.02 Å². The largest absolute Gasteiger partial charge is 0.358 e. The highest BCUT2D eigenvalue weighted by molar-refractivity contribution is 6.30. The second-order valence-electron chi connectivity index (χ2n) is 3.47. The lowest BCUT2D eigenvalue weighted by molar-refractivity contribution is 0.0114. The Labute approximate surface area is 98.0 Å². The molecule has 16 heavy (non-hydrogen) atoms. The normalized spacial score (nSPS) is 12.7. The molecular formula is C10H15ClN2O3. The summed E-state index contributed by atoms with van der Waals surface area (Å²) in [5.74, 6) is 0. The van der Waals surface area contributed by atoms with Crippen LogP contribution in [-0.4, -0.2) is 16.2 Å². The van der Waals surface area contributed by atoms with Gasteiger partial charge in [-0.2, -0.15) is 0 Å². The molecule has 0 aliphatic carbocycles. The molecule has 1 unspecified atom stereocenters. The molecule has 1 N–H and O–H groups in total. The number of ether oxygens (including phenoxy) is 1. The molecule has 6 heteroatoms. The van der Waals surface area contributed by atoms with Gasteiger partial charge < -0.3 is 4.74 Å². The van der Waals surface area contributed by atoms with Gasteiger partial charge in [0.2, 0.25) is 0 Å². The van der Waals surface area contributed by atoms with Crippen LogP contribution < -0.4 is 11.2 Å². The van der Waals surface area contributed by atoms with E-state index in [1.54, 1.807) is 6.92 Å². The fraction of sp³-hybridized carbons (Fsp3) is 0.600. The monoisotopic (exact) mass is 246 g/mol. The summed E-state index contributed by atoms with van der Waals surface area (Å²) < 4.78 is 6.69. The molecule has 0 fully saturated rings. The Morgan fingerprint density at radius 1 is 1.56 bits per heavy atom. The van der Waals surface area contributed by atoms with Gasteiger partial charge in [0.1, 0.15) is 11.3 Å². The molecule has 0 saturated carbocycles. The summed E-state index contributed by atoms with van der Waals surface area (Å²) in [4.78, 5) is 24.6. The van der Waals surface area contributed by atoms with Crippen LogP contribution in [0.5, 0.6) is 0 Å². The van der Waals surface area contributed by atoms with Crippen molar-refractivity contribution in [3.63, 3.8) is 0 Å². The summed E-state index contributed by atoms with van der Waals surface area (Å²) in [6, 6.07) is 0. The molecule has 0 saturated heterocycles. The zero-order chi connectivity index (χ0) is 12.1. The molecule has 1 rings (SSSR count). The molecule has 1 heterocycles. The van der Waals surface area contributed by atoms with Crippen molar-refractivity contribution in [2.24, 2.45) is 0 Å². The first-order valence-electron chi connectivity index (χ1n) is 5.18. The SMILES string of the molecule is CCCCOC(C)n1cc(Cl)c(=O)[nH]c1=O. The van der Waals surface area contributed by atoms with E-state index < -0.39 is 17.5 Å². The lowest BCUT2D eigenvalue weighted by atomic mass is 10.4. The molecule has 1 aromatic heterocycles. The van der Waals surface area contributed by atoms with Crippen molar-refractivity contribution >= 4 is 11.6 Å². The van der Waals surface area contributed by atoms with E-state index in [0.717, 1.165) is 12.8 Å². The van der Waals surface area contributed by atoms with Crippen molar-refractivity contribution in [1.29, 1.82) is 0 Å². The maximum Gasteiger partial charge on any atom is 0.330 e. The predicted molar refractivity (Wildman–Crippen MR) is 61.9 cm³/mol. The average molecular weight is 247 g/mol. The number of rotatable bonds is 5. The van der Waals surface area contributed by atoms with Crippen LogP contribution in [-0.2, 0) is 4.74 Å². The van der Waals surface area contributed by atoms with Crippen molar-refractivity contribution < 1.29 is 4.74 Å². The molecule has 0 radical (unpaired) electrons. The Balaban J connectivity index is 2.83. The minimum absolute atomic E-state index is 0.0226.